The van der Waals surface area contributed by atoms with Gasteiger partial charge >= 0.3 is 6.36 Å². The number of nitriles is 1. The molecule has 0 radical (unpaired) electrons. The number of hydrogen-bond acceptors (Lipinski definition) is 4. The molecule has 1 aromatic carbocycles. The van der Waals surface area contributed by atoms with Gasteiger partial charge in [-0.15, -0.1) is 19.8 Å². The first-order valence-electron chi connectivity index (χ1n) is 5.96. The van der Waals surface area contributed by atoms with Crippen LogP contribution in [-0.4, -0.2) is 18.1 Å². The molecule has 0 aliphatic carbocycles. The molecule has 1 amide bonds. The van der Waals surface area contributed by atoms with E-state index < -0.39 is 29.7 Å². The molecule has 1 atom stereocenters. The van der Waals surface area contributed by atoms with Gasteiger partial charge in [-0.2, -0.15) is 5.26 Å². The standard InChI is InChI=1S/C14H11F3N2O3/c1-2-3-12(20)11(8-18)13(21)19-9-4-6-10(7-5-9)22-14(15,16)17/h2,4-7,11H,1,3H2,(H,19,21). The highest BCUT2D eigenvalue weighted by molar-refractivity contribution is 6.09. The molecule has 0 aliphatic rings. The van der Waals surface area contributed by atoms with Crippen molar-refractivity contribution in [2.75, 3.05) is 5.32 Å². The molecule has 1 aromatic rings. The number of anilines is 1. The zero-order valence-corrected chi connectivity index (χ0v) is 11.2. The Bertz CT molecular complexity index is 603. The Morgan fingerprint density at radius 3 is 2.41 bits per heavy atom. The third-order valence-electron chi connectivity index (χ3n) is 2.41. The fourth-order valence-corrected chi connectivity index (χ4v) is 1.49. The molecule has 1 unspecified atom stereocenters. The SMILES string of the molecule is C=CCC(=O)C(C#N)C(=O)Nc1ccc(OC(F)(F)F)cc1. The number of alkyl halides is 3. The van der Waals surface area contributed by atoms with Crippen LogP contribution in [0.25, 0.3) is 0 Å². The molecule has 22 heavy (non-hydrogen) atoms. The number of Topliss-reactive ketones (excluding diaryl/α,β-unsaturated/α-hetero) is 1. The summed E-state index contributed by atoms with van der Waals surface area (Å²) in [6.45, 7) is 3.33. The number of hydrogen-bond donors (Lipinski definition) is 1. The van der Waals surface area contributed by atoms with E-state index in [0.717, 1.165) is 24.3 Å². The van der Waals surface area contributed by atoms with Crippen molar-refractivity contribution in [3.8, 4) is 11.8 Å². The quantitative estimate of drug-likeness (QED) is 0.647. The van der Waals surface area contributed by atoms with Crippen LogP contribution in [0.4, 0.5) is 18.9 Å². The van der Waals surface area contributed by atoms with Crippen LogP contribution in [0, 0.1) is 17.2 Å². The van der Waals surface area contributed by atoms with E-state index >= 15 is 0 Å². The molecule has 0 fully saturated rings. The van der Waals surface area contributed by atoms with E-state index in [-0.39, 0.29) is 12.1 Å². The Hall–Kier alpha value is -2.82. The van der Waals surface area contributed by atoms with Crippen molar-refractivity contribution in [1.82, 2.24) is 0 Å². The summed E-state index contributed by atoms with van der Waals surface area (Å²) in [6, 6.07) is 5.87. The molecule has 116 valence electrons. The lowest BCUT2D eigenvalue weighted by Crippen LogP contribution is -2.28. The summed E-state index contributed by atoms with van der Waals surface area (Å²) in [5, 5.41) is 11.1. The Balaban J connectivity index is 2.74. The van der Waals surface area contributed by atoms with Gasteiger partial charge in [0.25, 0.3) is 0 Å². The number of benzene rings is 1. The number of halogens is 3. The van der Waals surface area contributed by atoms with E-state index in [9.17, 15) is 22.8 Å². The third kappa shape index (κ3) is 5.28. The third-order valence-corrected chi connectivity index (χ3v) is 2.41. The highest BCUT2D eigenvalue weighted by Crippen LogP contribution is 2.24. The molecule has 0 saturated heterocycles. The second-order valence-electron chi connectivity index (χ2n) is 4.08. The van der Waals surface area contributed by atoms with Crippen LogP contribution in [0.3, 0.4) is 0 Å². The number of ether oxygens (including phenoxy) is 1. The van der Waals surface area contributed by atoms with Gasteiger partial charge in [-0.1, -0.05) is 6.08 Å². The number of rotatable bonds is 6. The van der Waals surface area contributed by atoms with Crippen molar-refractivity contribution in [3.05, 3.63) is 36.9 Å². The number of ketones is 1. The van der Waals surface area contributed by atoms with Crippen LogP contribution < -0.4 is 10.1 Å². The van der Waals surface area contributed by atoms with Crippen molar-refractivity contribution in [1.29, 1.82) is 5.26 Å². The molecular formula is C14H11F3N2O3. The Labute approximate surface area is 124 Å². The van der Waals surface area contributed by atoms with Gasteiger partial charge in [0.1, 0.15) is 5.75 Å². The number of allylic oxidation sites excluding steroid dienone is 1. The molecule has 8 heteroatoms. The average molecular weight is 312 g/mol. The zero-order valence-electron chi connectivity index (χ0n) is 11.2. The Morgan fingerprint density at radius 1 is 1.36 bits per heavy atom. The van der Waals surface area contributed by atoms with E-state index in [1.807, 2.05) is 0 Å². The van der Waals surface area contributed by atoms with Gasteiger partial charge in [0, 0.05) is 12.1 Å². The second kappa shape index (κ2) is 7.26. The summed E-state index contributed by atoms with van der Waals surface area (Å²) in [7, 11) is 0. The minimum absolute atomic E-state index is 0.131. The fourth-order valence-electron chi connectivity index (χ4n) is 1.49. The lowest BCUT2D eigenvalue weighted by molar-refractivity contribution is -0.274. The van der Waals surface area contributed by atoms with Gasteiger partial charge in [0.05, 0.1) is 6.07 Å². The Kier molecular flexibility index (Phi) is 5.69. The number of nitrogens with zero attached hydrogens (tertiary/aromatic N) is 1. The van der Waals surface area contributed by atoms with Crippen LogP contribution >= 0.6 is 0 Å². The van der Waals surface area contributed by atoms with E-state index in [1.54, 1.807) is 6.07 Å². The van der Waals surface area contributed by atoms with Crippen LogP contribution in [0.5, 0.6) is 5.75 Å². The van der Waals surface area contributed by atoms with Crippen molar-refractivity contribution in [3.63, 3.8) is 0 Å². The predicted molar refractivity (Wildman–Crippen MR) is 70.7 cm³/mol. The van der Waals surface area contributed by atoms with Gasteiger partial charge < -0.3 is 10.1 Å². The highest BCUT2D eigenvalue weighted by atomic mass is 19.4. The van der Waals surface area contributed by atoms with Crippen LogP contribution in [0.2, 0.25) is 0 Å². The predicted octanol–water partition coefficient (Wildman–Crippen LogP) is 2.81. The van der Waals surface area contributed by atoms with Crippen LogP contribution in [0.15, 0.2) is 36.9 Å². The highest BCUT2D eigenvalue weighted by Gasteiger charge is 2.31. The van der Waals surface area contributed by atoms with Gasteiger partial charge in [-0.25, -0.2) is 0 Å². The largest absolute Gasteiger partial charge is 0.573 e. The van der Waals surface area contributed by atoms with Gasteiger partial charge in [0.2, 0.25) is 5.91 Å². The van der Waals surface area contributed by atoms with Crippen molar-refractivity contribution >= 4 is 17.4 Å². The van der Waals surface area contributed by atoms with E-state index in [1.165, 1.54) is 6.08 Å². The second-order valence-corrected chi connectivity index (χ2v) is 4.08. The van der Waals surface area contributed by atoms with Crippen LogP contribution in [-0.2, 0) is 9.59 Å². The number of carbonyl (C=O) groups excluding carboxylic acids is 2. The first kappa shape index (κ1) is 17.2. The summed E-state index contributed by atoms with van der Waals surface area (Å²) in [4.78, 5) is 23.3. The van der Waals surface area contributed by atoms with Gasteiger partial charge in [-0.05, 0) is 24.3 Å². The number of carbonyl (C=O) groups is 2. The number of nitrogens with one attached hydrogen (secondary N) is 1. The molecular weight excluding hydrogens is 301 g/mol. The summed E-state index contributed by atoms with van der Waals surface area (Å²) in [5.74, 6) is -3.44. The lowest BCUT2D eigenvalue weighted by atomic mass is 10.0. The normalized spacial score (nSPS) is 11.9. The molecule has 0 saturated carbocycles. The molecule has 1 rings (SSSR count). The smallest absolute Gasteiger partial charge is 0.406 e. The Morgan fingerprint density at radius 2 is 1.95 bits per heavy atom. The maximum Gasteiger partial charge on any atom is 0.573 e. The van der Waals surface area contributed by atoms with Crippen molar-refractivity contribution in [2.45, 2.75) is 12.8 Å². The van der Waals surface area contributed by atoms with Crippen LogP contribution in [0.1, 0.15) is 6.42 Å². The molecule has 1 N–H and O–H groups in total. The fraction of sp³-hybridized carbons (Fsp3) is 0.214. The van der Waals surface area contributed by atoms with E-state index in [2.05, 4.69) is 16.6 Å². The summed E-state index contributed by atoms with van der Waals surface area (Å²) < 4.78 is 39.6. The maximum atomic E-state index is 12.0. The summed E-state index contributed by atoms with van der Waals surface area (Å²) in [6.07, 6.45) is -3.68. The molecule has 0 heterocycles. The first-order valence-corrected chi connectivity index (χ1v) is 5.96. The molecule has 5 nitrogen and oxygen atoms in total. The minimum atomic E-state index is -4.81. The zero-order chi connectivity index (χ0) is 16.8. The van der Waals surface area contributed by atoms with Gasteiger partial charge in [0.15, 0.2) is 11.7 Å². The van der Waals surface area contributed by atoms with E-state index in [0.29, 0.717) is 0 Å². The molecule has 0 bridgehead atoms. The van der Waals surface area contributed by atoms with Crippen molar-refractivity contribution in [2.24, 2.45) is 5.92 Å². The first-order chi connectivity index (χ1) is 10.3. The minimum Gasteiger partial charge on any atom is -0.406 e. The van der Waals surface area contributed by atoms with E-state index in [4.69, 9.17) is 5.26 Å². The molecule has 0 spiro atoms. The van der Waals surface area contributed by atoms with Gasteiger partial charge in [-0.3, -0.25) is 9.59 Å². The number of amides is 1. The molecule has 0 aromatic heterocycles. The summed E-state index contributed by atoms with van der Waals surface area (Å²) >= 11 is 0. The summed E-state index contributed by atoms with van der Waals surface area (Å²) in [5.41, 5.74) is 0.131. The average Bonchev–Trinajstić information content (AvgIpc) is 2.40. The molecule has 0 aliphatic heterocycles. The van der Waals surface area contributed by atoms with Crippen molar-refractivity contribution < 1.29 is 27.5 Å². The lowest BCUT2D eigenvalue weighted by Gasteiger charge is -2.11. The maximum absolute atomic E-state index is 12.0. The topological polar surface area (TPSA) is 79.2 Å². The monoisotopic (exact) mass is 312 g/mol.